The van der Waals surface area contributed by atoms with Gasteiger partial charge in [0.1, 0.15) is 23.7 Å². The number of hydrogen-bond donors (Lipinski definition) is 3. The maximum atomic E-state index is 14.3. The number of cyclic esters (lactones) is 1. The molecule has 1 aromatic rings. The Balaban J connectivity index is 1.27. The van der Waals surface area contributed by atoms with Crippen molar-refractivity contribution >= 4 is 46.0 Å². The lowest BCUT2D eigenvalue weighted by Crippen LogP contribution is -2.60. The van der Waals surface area contributed by atoms with Crippen LogP contribution in [0.15, 0.2) is 36.9 Å². The summed E-state index contributed by atoms with van der Waals surface area (Å²) in [6.07, 6.45) is 6.36. The predicted molar refractivity (Wildman–Crippen MR) is 186 cm³/mol. The summed E-state index contributed by atoms with van der Waals surface area (Å²) in [6.45, 7) is 9.72. The predicted octanol–water partition coefficient (Wildman–Crippen LogP) is 3.12. The minimum Gasteiger partial charge on any atom is -0.450 e. The molecule has 2 saturated carbocycles. The van der Waals surface area contributed by atoms with Crippen LogP contribution in [0.4, 0.5) is 9.59 Å². The second kappa shape index (κ2) is 14.0. The van der Waals surface area contributed by atoms with Gasteiger partial charge in [0.15, 0.2) is 0 Å². The molecule has 1 aromatic carbocycles. The second-order valence-electron chi connectivity index (χ2n) is 15.2. The molecular formula is C36H47N5O9S. The van der Waals surface area contributed by atoms with Gasteiger partial charge in [-0.05, 0) is 60.6 Å². The van der Waals surface area contributed by atoms with E-state index in [-0.39, 0.29) is 26.0 Å². The summed E-state index contributed by atoms with van der Waals surface area (Å²) < 4.78 is 38.8. The molecule has 0 spiro atoms. The van der Waals surface area contributed by atoms with Crippen molar-refractivity contribution in [1.82, 2.24) is 25.2 Å². The molecule has 5 amide bonds. The van der Waals surface area contributed by atoms with Crippen LogP contribution in [0.25, 0.3) is 6.08 Å². The van der Waals surface area contributed by atoms with E-state index in [9.17, 15) is 32.4 Å². The first-order valence-corrected chi connectivity index (χ1v) is 19.1. The summed E-state index contributed by atoms with van der Waals surface area (Å²) in [6, 6.07) is 3.56. The number of carbonyl (C=O) groups excluding carboxylic acids is 5. The number of fused-ring (bicyclic) bond motifs is 3. The molecule has 2 aliphatic carbocycles. The summed E-state index contributed by atoms with van der Waals surface area (Å²) in [5, 5.41) is 4.77. The molecule has 3 fully saturated rings. The average Bonchev–Trinajstić information content (AvgIpc) is 3.96. The number of sulfonamides is 1. The van der Waals surface area contributed by atoms with Gasteiger partial charge in [0.2, 0.25) is 21.8 Å². The van der Waals surface area contributed by atoms with Crippen LogP contribution in [0.2, 0.25) is 0 Å². The van der Waals surface area contributed by atoms with E-state index in [0.717, 1.165) is 29.5 Å². The number of hydrogen-bond acceptors (Lipinski definition) is 9. The number of rotatable bonds is 6. The summed E-state index contributed by atoms with van der Waals surface area (Å²) in [7, 11) is -3.91. The molecular weight excluding hydrogens is 678 g/mol. The topological polar surface area (TPSA) is 181 Å². The number of allylic oxidation sites excluding steroid dienone is 1. The van der Waals surface area contributed by atoms with Gasteiger partial charge in [0.05, 0.1) is 24.9 Å². The number of benzene rings is 1. The molecule has 51 heavy (non-hydrogen) atoms. The van der Waals surface area contributed by atoms with E-state index in [4.69, 9.17) is 9.47 Å². The Morgan fingerprint density at radius 1 is 1.12 bits per heavy atom. The van der Waals surface area contributed by atoms with E-state index in [1.54, 1.807) is 25.7 Å². The molecule has 6 rings (SSSR count). The van der Waals surface area contributed by atoms with Gasteiger partial charge in [-0.15, -0.1) is 6.58 Å². The van der Waals surface area contributed by atoms with Crippen molar-refractivity contribution in [2.75, 3.05) is 13.2 Å². The molecule has 15 heteroatoms. The lowest BCUT2D eigenvalue weighted by atomic mass is 9.85. The summed E-state index contributed by atoms with van der Waals surface area (Å²) >= 11 is 0. The molecule has 0 unspecified atom stereocenters. The third kappa shape index (κ3) is 7.77. The standard InChI is InChI=1S/C36H47N5O9S/c1-5-24-18-36(24,32(44)39-51(47,48)26-14-15-26)38-30(42)28-17-25-20-41(28)31(43)29(35(2,3)4)37-33(45)49-16-9-7-6-8-11-22-12-10-13-23-19-40(21-27(22)23)34(46)50-25/h5,8,10-13,24-26,28-29H,1,6-7,9,14-21H2,2-4H3,(H,37,45)(H,38,42)(H,39,44)/b11-8+/t24-,25+,28-,29+,36+/m0/s1. The molecule has 3 N–H and O–H groups in total. The van der Waals surface area contributed by atoms with Crippen LogP contribution < -0.4 is 15.4 Å². The van der Waals surface area contributed by atoms with E-state index in [2.05, 4.69) is 28.0 Å². The van der Waals surface area contributed by atoms with Gasteiger partial charge in [0, 0.05) is 18.9 Å². The largest absolute Gasteiger partial charge is 0.450 e. The van der Waals surface area contributed by atoms with Crippen LogP contribution in [0.3, 0.4) is 0 Å². The molecule has 0 aromatic heterocycles. The van der Waals surface area contributed by atoms with Crippen molar-refractivity contribution < 1.29 is 41.9 Å². The van der Waals surface area contributed by atoms with Gasteiger partial charge in [0.25, 0.3) is 5.91 Å². The molecule has 3 aliphatic heterocycles. The smallest absolute Gasteiger partial charge is 0.410 e. The van der Waals surface area contributed by atoms with Crippen LogP contribution in [0.1, 0.15) is 82.4 Å². The Kier molecular flexibility index (Phi) is 9.96. The third-order valence-electron chi connectivity index (χ3n) is 10.3. The van der Waals surface area contributed by atoms with Gasteiger partial charge in [-0.3, -0.25) is 24.0 Å². The SMILES string of the molecule is C=C[C@H]1C[C@]1(NC(=O)[C@@H]1C[C@@H]2CN1C(=O)[C@H](C(C)(C)C)NC(=O)OCCCC/C=C/c1cccc3c1CN(C3)C(=O)O2)C(=O)NS(=O)(=O)C1CC1. The summed E-state index contributed by atoms with van der Waals surface area (Å²) in [4.78, 5) is 71.2. The van der Waals surface area contributed by atoms with Crippen molar-refractivity contribution in [3.8, 4) is 0 Å². The van der Waals surface area contributed by atoms with Gasteiger partial charge in [-0.1, -0.05) is 57.2 Å². The number of nitrogens with one attached hydrogen (secondary N) is 3. The van der Waals surface area contributed by atoms with Crippen LogP contribution in [-0.2, 0) is 47.0 Å². The van der Waals surface area contributed by atoms with E-state index in [1.807, 2.05) is 24.3 Å². The van der Waals surface area contributed by atoms with Crippen molar-refractivity contribution in [1.29, 1.82) is 0 Å². The van der Waals surface area contributed by atoms with E-state index >= 15 is 0 Å². The van der Waals surface area contributed by atoms with Crippen LogP contribution in [-0.4, -0.2) is 90.3 Å². The fourth-order valence-corrected chi connectivity index (χ4v) is 8.42. The Labute approximate surface area is 298 Å². The first-order chi connectivity index (χ1) is 24.1. The fourth-order valence-electron chi connectivity index (χ4n) is 7.06. The Morgan fingerprint density at radius 2 is 1.88 bits per heavy atom. The monoisotopic (exact) mass is 725 g/mol. The minimum atomic E-state index is -3.91. The first-order valence-electron chi connectivity index (χ1n) is 17.6. The molecule has 5 atom stereocenters. The van der Waals surface area contributed by atoms with E-state index < -0.39 is 80.2 Å². The highest BCUT2D eigenvalue weighted by atomic mass is 32.2. The molecule has 1 saturated heterocycles. The number of alkyl carbamates (subject to hydrolysis) is 1. The van der Waals surface area contributed by atoms with Crippen molar-refractivity contribution in [2.24, 2.45) is 11.3 Å². The quantitative estimate of drug-likeness (QED) is 0.372. The van der Waals surface area contributed by atoms with Gasteiger partial charge in [-0.2, -0.15) is 0 Å². The average molecular weight is 726 g/mol. The normalized spacial score (nSPS) is 29.3. The molecule has 4 bridgehead atoms. The van der Waals surface area contributed by atoms with Gasteiger partial charge >= 0.3 is 12.2 Å². The molecule has 14 nitrogen and oxygen atoms in total. The maximum absolute atomic E-state index is 14.3. The zero-order valence-corrected chi connectivity index (χ0v) is 30.1. The molecule has 5 aliphatic rings. The second-order valence-corrected chi connectivity index (χ2v) is 17.2. The highest BCUT2D eigenvalue weighted by molar-refractivity contribution is 7.91. The number of ether oxygens (including phenoxy) is 2. The third-order valence-corrected chi connectivity index (χ3v) is 12.1. The molecule has 3 heterocycles. The van der Waals surface area contributed by atoms with Crippen LogP contribution >= 0.6 is 0 Å². The van der Waals surface area contributed by atoms with Gasteiger partial charge in [-0.25, -0.2) is 18.0 Å². The van der Waals surface area contributed by atoms with E-state index in [1.165, 1.54) is 11.0 Å². The fraction of sp³-hybridized carbons (Fsp3) is 0.583. The first kappa shape index (κ1) is 36.4. The lowest BCUT2D eigenvalue weighted by Gasteiger charge is -2.35. The Morgan fingerprint density at radius 3 is 2.57 bits per heavy atom. The molecule has 0 radical (unpaired) electrons. The maximum Gasteiger partial charge on any atom is 0.410 e. The zero-order valence-electron chi connectivity index (χ0n) is 29.3. The van der Waals surface area contributed by atoms with Crippen molar-refractivity contribution in [3.05, 3.63) is 53.6 Å². The zero-order chi connectivity index (χ0) is 36.7. The highest BCUT2D eigenvalue weighted by Crippen LogP contribution is 2.45. The van der Waals surface area contributed by atoms with E-state index in [0.29, 0.717) is 32.4 Å². The van der Waals surface area contributed by atoms with Crippen LogP contribution in [0, 0.1) is 11.3 Å². The molecule has 276 valence electrons. The van der Waals surface area contributed by atoms with Crippen molar-refractivity contribution in [2.45, 2.75) is 108 Å². The lowest BCUT2D eigenvalue weighted by molar-refractivity contribution is -0.142. The summed E-state index contributed by atoms with van der Waals surface area (Å²) in [5.41, 5.74) is 0.612. The van der Waals surface area contributed by atoms with Crippen LogP contribution in [0.5, 0.6) is 0 Å². The number of nitrogens with zero attached hydrogens (tertiary/aromatic N) is 2. The Hall–Kier alpha value is -4.40. The van der Waals surface area contributed by atoms with Crippen molar-refractivity contribution in [3.63, 3.8) is 0 Å². The van der Waals surface area contributed by atoms with Gasteiger partial charge < -0.3 is 25.0 Å². The minimum absolute atomic E-state index is 0.0871. The summed E-state index contributed by atoms with van der Waals surface area (Å²) in [5.74, 6) is -2.72. The highest BCUT2D eigenvalue weighted by Gasteiger charge is 2.62. The number of carbonyl (C=O) groups is 5. The Bertz CT molecular complexity index is 1750. The number of amides is 5.